The Labute approximate surface area is 85.6 Å². The van der Waals surface area contributed by atoms with Crippen LogP contribution in [0.4, 0.5) is 11.4 Å². The van der Waals surface area contributed by atoms with Crippen molar-refractivity contribution in [1.82, 2.24) is 0 Å². The maximum absolute atomic E-state index is 11.3. The van der Waals surface area contributed by atoms with Crippen molar-refractivity contribution in [2.45, 2.75) is 0 Å². The summed E-state index contributed by atoms with van der Waals surface area (Å²) in [6.45, 7) is 0. The third kappa shape index (κ3) is 1.87. The number of halogens is 2. The second kappa shape index (κ2) is 3.85. The molecule has 0 bridgehead atoms. The van der Waals surface area contributed by atoms with Crippen LogP contribution in [0.5, 0.6) is 0 Å². The Morgan fingerprint density at radius 2 is 1.85 bits per heavy atom. The average Bonchev–Trinajstić information content (AvgIpc) is 2.12. The normalized spacial score (nSPS) is 10.0. The number of Topliss-reactive ketones (excluding diaryl/α,β-unsaturated/α-hetero) is 1. The lowest BCUT2D eigenvalue weighted by Crippen LogP contribution is -2.07. The van der Waals surface area contributed by atoms with Gasteiger partial charge in [0.15, 0.2) is 5.78 Å². The van der Waals surface area contributed by atoms with Crippen LogP contribution < -0.4 is 11.5 Å². The number of anilines is 2. The van der Waals surface area contributed by atoms with E-state index in [1.807, 2.05) is 0 Å². The van der Waals surface area contributed by atoms with E-state index in [2.05, 4.69) is 0 Å². The van der Waals surface area contributed by atoms with Gasteiger partial charge in [0.25, 0.3) is 0 Å². The summed E-state index contributed by atoms with van der Waals surface area (Å²) in [5.74, 6) is -0.482. The molecule has 70 valence electrons. The van der Waals surface area contributed by atoms with Crippen LogP contribution >= 0.6 is 23.2 Å². The molecule has 0 fully saturated rings. The Morgan fingerprint density at radius 1 is 1.31 bits per heavy atom. The maximum Gasteiger partial charge on any atom is 0.181 e. The molecule has 0 unspecified atom stereocenters. The van der Waals surface area contributed by atoms with Crippen molar-refractivity contribution in [1.29, 1.82) is 0 Å². The number of nitrogen functional groups attached to an aromatic ring is 2. The van der Waals surface area contributed by atoms with E-state index in [1.165, 1.54) is 6.07 Å². The van der Waals surface area contributed by atoms with Crippen LogP contribution in [-0.2, 0) is 0 Å². The standard InChI is InChI=1S/C8H8Cl2N2O/c9-3-6(13)7-4(11)1-2-5(12)8(7)10/h1-2H,3,11-12H2. The molecule has 13 heavy (non-hydrogen) atoms. The van der Waals surface area contributed by atoms with Gasteiger partial charge < -0.3 is 11.5 Å². The van der Waals surface area contributed by atoms with Gasteiger partial charge in [0, 0.05) is 5.69 Å². The van der Waals surface area contributed by atoms with E-state index in [-0.39, 0.29) is 22.2 Å². The first-order valence-corrected chi connectivity index (χ1v) is 4.41. The molecule has 0 aliphatic rings. The van der Waals surface area contributed by atoms with Gasteiger partial charge >= 0.3 is 0 Å². The van der Waals surface area contributed by atoms with Crippen molar-refractivity contribution in [3.05, 3.63) is 22.7 Å². The van der Waals surface area contributed by atoms with Crippen molar-refractivity contribution in [2.75, 3.05) is 17.3 Å². The summed E-state index contributed by atoms with van der Waals surface area (Å²) in [7, 11) is 0. The lowest BCUT2D eigenvalue weighted by atomic mass is 10.1. The molecule has 5 heteroatoms. The lowest BCUT2D eigenvalue weighted by molar-refractivity contribution is 0.102. The first kappa shape index (κ1) is 10.2. The molecule has 1 aromatic carbocycles. The topological polar surface area (TPSA) is 69.1 Å². The quantitative estimate of drug-likeness (QED) is 0.453. The van der Waals surface area contributed by atoms with Crippen LogP contribution in [0.15, 0.2) is 12.1 Å². The molecule has 0 saturated heterocycles. The molecule has 3 nitrogen and oxygen atoms in total. The summed E-state index contributed by atoms with van der Waals surface area (Å²) in [4.78, 5) is 11.3. The molecule has 0 saturated carbocycles. The fraction of sp³-hybridized carbons (Fsp3) is 0.125. The monoisotopic (exact) mass is 218 g/mol. The summed E-state index contributed by atoms with van der Waals surface area (Å²) in [6, 6.07) is 3.07. The number of rotatable bonds is 2. The van der Waals surface area contributed by atoms with E-state index < -0.39 is 0 Å². The first-order chi connectivity index (χ1) is 6.07. The van der Waals surface area contributed by atoms with E-state index >= 15 is 0 Å². The Kier molecular flexibility index (Phi) is 3.01. The molecule has 0 heterocycles. The van der Waals surface area contributed by atoms with Crippen LogP contribution in [0.1, 0.15) is 10.4 Å². The molecule has 1 rings (SSSR count). The van der Waals surface area contributed by atoms with Gasteiger partial charge in [-0.15, -0.1) is 11.6 Å². The van der Waals surface area contributed by atoms with E-state index in [0.29, 0.717) is 11.4 Å². The molecule has 4 N–H and O–H groups in total. The van der Waals surface area contributed by atoms with E-state index in [9.17, 15) is 4.79 Å². The highest BCUT2D eigenvalue weighted by Gasteiger charge is 2.14. The largest absolute Gasteiger partial charge is 0.398 e. The first-order valence-electron chi connectivity index (χ1n) is 3.50. The fourth-order valence-corrected chi connectivity index (χ4v) is 1.37. The number of hydrogen-bond acceptors (Lipinski definition) is 3. The summed E-state index contributed by atoms with van der Waals surface area (Å²) in [6.07, 6.45) is 0. The number of benzene rings is 1. The Morgan fingerprint density at radius 3 is 2.38 bits per heavy atom. The molecule has 0 spiro atoms. The van der Waals surface area contributed by atoms with Crippen LogP contribution in [0.25, 0.3) is 0 Å². The van der Waals surface area contributed by atoms with Crippen molar-refractivity contribution < 1.29 is 4.79 Å². The van der Waals surface area contributed by atoms with Crippen molar-refractivity contribution in [3.63, 3.8) is 0 Å². The second-order valence-corrected chi connectivity index (χ2v) is 3.14. The van der Waals surface area contributed by atoms with Crippen molar-refractivity contribution >= 4 is 40.4 Å². The minimum atomic E-state index is -0.323. The van der Waals surface area contributed by atoms with E-state index in [1.54, 1.807) is 6.07 Å². The van der Waals surface area contributed by atoms with Gasteiger partial charge in [-0.05, 0) is 12.1 Å². The van der Waals surface area contributed by atoms with Gasteiger partial charge in [0.2, 0.25) is 0 Å². The third-order valence-corrected chi connectivity index (χ3v) is 2.25. The molecule has 0 aliphatic carbocycles. The summed E-state index contributed by atoms with van der Waals surface area (Å²) in [5.41, 5.74) is 11.9. The zero-order chi connectivity index (χ0) is 10.0. The van der Waals surface area contributed by atoms with Crippen molar-refractivity contribution in [3.8, 4) is 0 Å². The summed E-state index contributed by atoms with van der Waals surface area (Å²) >= 11 is 11.2. The van der Waals surface area contributed by atoms with E-state index in [0.717, 1.165) is 0 Å². The minimum absolute atomic E-state index is 0.159. The highest BCUT2D eigenvalue weighted by atomic mass is 35.5. The van der Waals surface area contributed by atoms with Crippen LogP contribution in [-0.4, -0.2) is 11.7 Å². The SMILES string of the molecule is Nc1ccc(N)c(C(=O)CCl)c1Cl. The fourth-order valence-electron chi connectivity index (χ4n) is 0.957. The summed E-state index contributed by atoms with van der Waals surface area (Å²) in [5, 5.41) is 0.172. The van der Waals surface area contributed by atoms with Crippen LogP contribution in [0, 0.1) is 0 Å². The maximum atomic E-state index is 11.3. The smallest absolute Gasteiger partial charge is 0.181 e. The number of nitrogens with two attached hydrogens (primary N) is 2. The molecular formula is C8H8Cl2N2O. The van der Waals surface area contributed by atoms with E-state index in [4.69, 9.17) is 34.7 Å². The Bertz CT molecular complexity index is 352. The molecule has 1 aromatic rings. The number of ketones is 1. The van der Waals surface area contributed by atoms with Gasteiger partial charge in [0.05, 0.1) is 22.2 Å². The second-order valence-electron chi connectivity index (χ2n) is 2.49. The Balaban J connectivity index is 3.33. The molecule has 0 radical (unpaired) electrons. The molecule has 0 atom stereocenters. The number of alkyl halides is 1. The number of carbonyl (C=O) groups is 1. The van der Waals surface area contributed by atoms with Gasteiger partial charge in [-0.25, -0.2) is 0 Å². The Hall–Kier alpha value is -0.930. The molecular weight excluding hydrogens is 211 g/mol. The highest BCUT2D eigenvalue weighted by Crippen LogP contribution is 2.28. The zero-order valence-corrected chi connectivity index (χ0v) is 8.19. The zero-order valence-electron chi connectivity index (χ0n) is 6.68. The number of hydrogen-bond donors (Lipinski definition) is 2. The highest BCUT2D eigenvalue weighted by molar-refractivity contribution is 6.40. The summed E-state index contributed by atoms with van der Waals surface area (Å²) < 4.78 is 0. The molecule has 0 amide bonds. The minimum Gasteiger partial charge on any atom is -0.398 e. The number of carbonyl (C=O) groups excluding carboxylic acids is 1. The molecule has 0 aromatic heterocycles. The van der Waals surface area contributed by atoms with Gasteiger partial charge in [-0.3, -0.25) is 4.79 Å². The predicted molar refractivity (Wildman–Crippen MR) is 55.3 cm³/mol. The van der Waals surface area contributed by atoms with Gasteiger partial charge in [0.1, 0.15) is 0 Å². The molecule has 0 aliphatic heterocycles. The predicted octanol–water partition coefficient (Wildman–Crippen LogP) is 1.93. The van der Waals surface area contributed by atoms with Gasteiger partial charge in [-0.2, -0.15) is 0 Å². The van der Waals surface area contributed by atoms with Crippen LogP contribution in [0.2, 0.25) is 5.02 Å². The lowest BCUT2D eigenvalue weighted by Gasteiger charge is -2.07. The van der Waals surface area contributed by atoms with Crippen LogP contribution in [0.3, 0.4) is 0 Å². The van der Waals surface area contributed by atoms with Crippen molar-refractivity contribution in [2.24, 2.45) is 0 Å². The average molecular weight is 219 g/mol. The third-order valence-electron chi connectivity index (χ3n) is 1.60. The van der Waals surface area contributed by atoms with Gasteiger partial charge in [-0.1, -0.05) is 11.6 Å².